The first-order chi connectivity index (χ1) is 57.4. The van der Waals surface area contributed by atoms with Gasteiger partial charge >= 0.3 is 197 Å². The summed E-state index contributed by atoms with van der Waals surface area (Å²) in [5.41, 5.74) is 14.3. The van der Waals surface area contributed by atoms with Crippen LogP contribution in [-0.2, 0) is 86.3 Å². The predicted octanol–water partition coefficient (Wildman–Crippen LogP) is -1.64. The van der Waals surface area contributed by atoms with Gasteiger partial charge in [-0.25, -0.2) is 19.7 Å². The largest absolute Gasteiger partial charge is 1.00 e. The van der Waals surface area contributed by atoms with Crippen molar-refractivity contribution in [1.29, 1.82) is 0 Å². The minimum Gasteiger partial charge on any atom is -1.00 e. The third-order valence-electron chi connectivity index (χ3n) is 21.7. The molecule has 123 heavy (non-hydrogen) atoms. The fourth-order valence-corrected chi connectivity index (χ4v) is 15.0. The quantitative estimate of drug-likeness (QED) is 0.00603. The van der Waals surface area contributed by atoms with Crippen LogP contribution in [0.1, 0.15) is 177 Å². The van der Waals surface area contributed by atoms with E-state index in [1.54, 1.807) is 11.1 Å². The van der Waals surface area contributed by atoms with Crippen molar-refractivity contribution < 1.29 is 237 Å². The second kappa shape index (κ2) is 55.1. The van der Waals surface area contributed by atoms with Gasteiger partial charge in [-0.1, -0.05) is 42.5 Å². The molecule has 0 aromatic carbocycles. The number of anilines is 3. The van der Waals surface area contributed by atoms with E-state index in [4.69, 9.17) is 44.0 Å². The van der Waals surface area contributed by atoms with Gasteiger partial charge in [-0.2, -0.15) is 0 Å². The molecular formula is C88H123Cs2N18NaO14. The van der Waals surface area contributed by atoms with E-state index in [1.165, 1.54) is 38.2 Å². The second-order valence-corrected chi connectivity index (χ2v) is 32.3. The van der Waals surface area contributed by atoms with E-state index in [0.29, 0.717) is 44.1 Å². The number of carbonyl (C=O) groups is 6. The Kier molecular flexibility index (Phi) is 47.8. The topological polar surface area (TPSA) is 409 Å². The van der Waals surface area contributed by atoms with Crippen LogP contribution in [0.2, 0.25) is 0 Å². The molecule has 35 heteroatoms. The number of nitrogens with one attached hydrogen (secondary N) is 7. The number of ether oxygens (including phenoxy) is 4. The first kappa shape index (κ1) is 107. The van der Waals surface area contributed by atoms with Crippen LogP contribution >= 0.6 is 0 Å². The van der Waals surface area contributed by atoms with Gasteiger partial charge < -0.3 is 78.3 Å². The average Bonchev–Trinajstić information content (AvgIpc) is 0.831. The number of amides is 1. The van der Waals surface area contributed by atoms with Gasteiger partial charge in [0.15, 0.2) is 0 Å². The van der Waals surface area contributed by atoms with Crippen molar-refractivity contribution in [2.24, 2.45) is 0 Å². The Morgan fingerprint density at radius 1 is 0.537 bits per heavy atom. The van der Waals surface area contributed by atoms with Crippen molar-refractivity contribution >= 4 is 53.9 Å². The van der Waals surface area contributed by atoms with Crippen molar-refractivity contribution in [3.8, 4) is 0 Å². The second-order valence-electron chi connectivity index (χ2n) is 32.3. The van der Waals surface area contributed by atoms with Crippen LogP contribution in [0, 0.1) is 27.7 Å². The molecule has 0 bridgehead atoms. The maximum atomic E-state index is 12.8. The summed E-state index contributed by atoms with van der Waals surface area (Å²) in [6.07, 6.45) is 17.1. The SMILES string of the molecule is CCOC(=O)C[C@H](NC1CNC1)c1ccc(C)nc1.COC(=O)C[C@H](NC1CN(CCc2ccc3c(n2)N(C(=O)OC(C)(C)C)CCC3)C1)c1ccc(C)nc1.COC(=O)C[C@H](NC1CN(CCc2ccc3c(n2)NCCC3)C1)c1ccc(C)nc1.Cc1ccc([C@H](CC(=O)O)NC2CN(CCc3ccc4c(n3)NCCC4)C2)cn1.O=CO[O-].[Cs+].[Cs+].[H-].[Na+].[OH-]. The van der Waals surface area contributed by atoms with Crippen LogP contribution in [0.5, 0.6) is 0 Å². The van der Waals surface area contributed by atoms with E-state index in [-0.39, 0.29) is 248 Å². The molecule has 9 N–H and O–H groups in total. The predicted molar refractivity (Wildman–Crippen MR) is 453 cm³/mol. The molecule has 4 atom stereocenters. The fraction of sp³-hybridized carbons (Fsp3) is 0.534. The smallest absolute Gasteiger partial charge is 1.00 e. The molecule has 7 aromatic rings. The Hall–Kier alpha value is -5.03. The maximum absolute atomic E-state index is 12.8. The summed E-state index contributed by atoms with van der Waals surface area (Å²) in [5.74, 6) is 1.43. The molecule has 7 aliphatic rings. The normalized spacial score (nSPS) is 16.4. The van der Waals surface area contributed by atoms with Crippen molar-refractivity contribution in [3.63, 3.8) is 0 Å². The van der Waals surface area contributed by atoms with Crippen LogP contribution in [0.25, 0.3) is 0 Å². The summed E-state index contributed by atoms with van der Waals surface area (Å²) in [5, 5.41) is 41.9. The zero-order valence-corrected chi connectivity index (χ0v) is 88.7. The number of aromatic nitrogens is 7. The van der Waals surface area contributed by atoms with Crippen molar-refractivity contribution in [2.75, 3.05) is 128 Å². The van der Waals surface area contributed by atoms with E-state index < -0.39 is 11.6 Å². The molecule has 1 amide bonds. The van der Waals surface area contributed by atoms with Crippen LogP contribution in [-0.4, -0.2) is 239 Å². The van der Waals surface area contributed by atoms with Gasteiger partial charge in [0, 0.05) is 224 Å². The number of nitrogens with zero attached hydrogens (tertiary/aromatic N) is 11. The minimum atomic E-state index is -0.800. The average molecular weight is 1950 g/mol. The summed E-state index contributed by atoms with van der Waals surface area (Å²) in [7, 11) is 2.85. The summed E-state index contributed by atoms with van der Waals surface area (Å²) in [6, 6.07) is 29.7. The number of aryl methyl sites for hydroxylation is 7. The Morgan fingerprint density at radius 2 is 0.894 bits per heavy atom. The minimum absolute atomic E-state index is 0. The van der Waals surface area contributed by atoms with Crippen LogP contribution in [0.4, 0.5) is 22.2 Å². The molecule has 14 rings (SSSR count). The van der Waals surface area contributed by atoms with Crippen molar-refractivity contribution in [2.45, 2.75) is 193 Å². The molecule has 0 unspecified atom stereocenters. The molecule has 652 valence electrons. The molecule has 32 nitrogen and oxygen atoms in total. The number of carboxylic acids is 1. The molecular weight excluding hydrogens is 1820 g/mol. The third-order valence-corrected chi connectivity index (χ3v) is 21.7. The Balaban J connectivity index is 0.000000291. The van der Waals surface area contributed by atoms with Gasteiger partial charge in [0.1, 0.15) is 23.1 Å². The first-order valence-electron chi connectivity index (χ1n) is 41.7. The molecule has 0 spiro atoms. The Labute approximate surface area is 865 Å². The third kappa shape index (κ3) is 35.7. The van der Waals surface area contributed by atoms with Crippen LogP contribution in [0.15, 0.2) is 110 Å². The number of esters is 3. The number of hydrogen-bond donors (Lipinski definition) is 8. The summed E-state index contributed by atoms with van der Waals surface area (Å²) in [4.78, 5) is 111. The maximum Gasteiger partial charge on any atom is 1.00 e. The van der Waals surface area contributed by atoms with Crippen molar-refractivity contribution in [3.05, 3.63) is 189 Å². The van der Waals surface area contributed by atoms with E-state index in [0.717, 1.165) is 215 Å². The zero-order chi connectivity index (χ0) is 84.8. The number of hydrogen-bond acceptors (Lipinski definition) is 30. The van der Waals surface area contributed by atoms with E-state index in [1.807, 2.05) is 123 Å². The Bertz CT molecular complexity index is 4400. The molecule has 0 saturated carbocycles. The number of methoxy groups -OCH3 is 2. The standard InChI is InChI=1S/C28H39N5O4.C23H31N5O2.C22H29N5O2.C14H21N3O2.CH2O3.2Cs.Na.H2O.H/c1-19-8-9-21(16-29-19)24(15-25(34)36-5)30-23-17-32(18-23)14-12-22-11-10-20-7-6-13-33(26(20)31-22)27(35)37-28(2,3)4;1-16-5-6-18(13-25-16)21(12-22(29)30-2)26-20-14-28(15-20)11-9-19-8-7-17-4-3-10-24-23(17)27-19;1-15-4-5-17(12-24-15)20(11-21(28)29)25-19-13-27(14-19)10-8-18-7-6-16-3-2-9-23-22(16)26-18;1-3-19-14(18)6-13(17-12-8-15-9-12)11-5-4-10(2)16-7-11;2-1-4-3;;;;;/h8-11,16,23-24,30H,6-7,12-15,17-18H2,1-5H3;5-8,13,20-21,26H,3-4,9-12,14-15H2,1-2H3,(H,24,27);4-7,12,19-20,25H,2-3,8-11,13-14H2,1H3,(H,23,26)(H,28,29);4-5,7,12-13,15,17H,3,6,8-9H2,1-2H3;1,3H;;;;1H2;/q;;;;;3*+1;;-1/p-2/t24-;21-;20-;13-;;;;;;/m0000....../s1. The van der Waals surface area contributed by atoms with E-state index >= 15 is 0 Å². The summed E-state index contributed by atoms with van der Waals surface area (Å²) in [6.45, 7) is 28.5. The molecule has 14 heterocycles. The number of fused-ring (bicyclic) bond motifs is 3. The molecule has 7 aromatic heterocycles. The number of rotatable bonds is 31. The monoisotopic (exact) mass is 1940 g/mol. The van der Waals surface area contributed by atoms with Gasteiger partial charge in [0.05, 0.1) is 46.5 Å². The van der Waals surface area contributed by atoms with E-state index in [2.05, 4.69) is 113 Å². The van der Waals surface area contributed by atoms with Crippen LogP contribution in [0.3, 0.4) is 0 Å². The molecule has 7 aliphatic heterocycles. The Morgan fingerprint density at radius 3 is 1.23 bits per heavy atom. The summed E-state index contributed by atoms with van der Waals surface area (Å²) < 4.78 is 20.4. The van der Waals surface area contributed by atoms with Gasteiger partial charge in [-0.05, 0) is 175 Å². The van der Waals surface area contributed by atoms with E-state index in [9.17, 15) is 29.1 Å². The van der Waals surface area contributed by atoms with Gasteiger partial charge in [-0.3, -0.25) is 63.5 Å². The zero-order valence-electron chi connectivity index (χ0n) is 75.1. The fourth-order valence-electron chi connectivity index (χ4n) is 15.0. The van der Waals surface area contributed by atoms with Gasteiger partial charge in [0.2, 0.25) is 0 Å². The summed E-state index contributed by atoms with van der Waals surface area (Å²) >= 11 is 0. The van der Waals surface area contributed by atoms with Crippen LogP contribution < -0.4 is 215 Å². The number of aliphatic carboxylic acids is 1. The van der Waals surface area contributed by atoms with Gasteiger partial charge in [-0.15, -0.1) is 0 Å². The number of pyridine rings is 7. The number of likely N-dealkylation sites (tertiary alicyclic amines) is 3. The number of carbonyl (C=O) groups excluding carboxylic acids is 5. The van der Waals surface area contributed by atoms with Crippen molar-refractivity contribution in [1.82, 2.24) is 76.2 Å². The molecule has 0 aliphatic carbocycles. The molecule has 4 saturated heterocycles. The van der Waals surface area contributed by atoms with Gasteiger partial charge in [0.25, 0.3) is 6.47 Å². The molecule has 4 fully saturated rings. The first-order valence-corrected chi connectivity index (χ1v) is 41.7. The molecule has 0 radical (unpaired) electrons. The number of carboxylic acid groups (broad SMARTS) is 1.